The van der Waals surface area contributed by atoms with Crippen molar-refractivity contribution in [2.75, 3.05) is 13.8 Å². The molecule has 0 unspecified atom stereocenters. The molecule has 0 aromatic rings. The van der Waals surface area contributed by atoms with Crippen LogP contribution in [0, 0.1) is 0 Å². The standard InChI is InChI=1S/C8H19I/c1-4-6-8-9(3)7-5-2/h4-8H2,1-3H3. The van der Waals surface area contributed by atoms with Gasteiger partial charge in [-0.3, -0.25) is 0 Å². The predicted molar refractivity (Wildman–Crippen MR) is 54.9 cm³/mol. The van der Waals surface area contributed by atoms with Crippen LogP contribution in [0.4, 0.5) is 0 Å². The Morgan fingerprint density at radius 2 is 1.67 bits per heavy atom. The van der Waals surface area contributed by atoms with Crippen LogP contribution >= 0.6 is 19.8 Å². The molecule has 0 amide bonds. The monoisotopic (exact) mass is 242 g/mol. The van der Waals surface area contributed by atoms with E-state index >= 15 is 0 Å². The van der Waals surface area contributed by atoms with Gasteiger partial charge in [0.15, 0.2) is 0 Å². The topological polar surface area (TPSA) is 0 Å². The molecule has 0 radical (unpaired) electrons. The normalized spacial score (nSPS) is 11.7. The Morgan fingerprint density at radius 1 is 1.00 bits per heavy atom. The summed E-state index contributed by atoms with van der Waals surface area (Å²) in [5.41, 5.74) is 0. The molecule has 0 nitrogen and oxygen atoms in total. The molecule has 1 heteroatoms. The van der Waals surface area contributed by atoms with Crippen molar-refractivity contribution in [3.05, 3.63) is 0 Å². The number of halogens is 1. The first-order valence-corrected chi connectivity index (χ1v) is 9.04. The predicted octanol–water partition coefficient (Wildman–Crippen LogP) is 3.33. The van der Waals surface area contributed by atoms with Gasteiger partial charge in [0.05, 0.1) is 0 Å². The number of hydrogen-bond acceptors (Lipinski definition) is 0. The number of alkyl halides is 3. The second-order valence-corrected chi connectivity index (χ2v) is 8.74. The van der Waals surface area contributed by atoms with E-state index in [1.165, 1.54) is 19.3 Å². The fraction of sp³-hybridized carbons (Fsp3) is 1.00. The van der Waals surface area contributed by atoms with Gasteiger partial charge in [0, 0.05) is 0 Å². The van der Waals surface area contributed by atoms with E-state index in [4.69, 9.17) is 0 Å². The minimum absolute atomic E-state index is 0.372. The molecular weight excluding hydrogens is 223 g/mol. The van der Waals surface area contributed by atoms with Crippen molar-refractivity contribution in [2.45, 2.75) is 33.1 Å². The molecule has 0 heterocycles. The molecule has 0 saturated heterocycles. The van der Waals surface area contributed by atoms with Crippen LogP contribution in [0.15, 0.2) is 0 Å². The van der Waals surface area contributed by atoms with Crippen molar-refractivity contribution in [1.82, 2.24) is 0 Å². The summed E-state index contributed by atoms with van der Waals surface area (Å²) >= 11 is -0.372. The molecule has 0 atom stereocenters. The maximum absolute atomic E-state index is 2.52. The van der Waals surface area contributed by atoms with Gasteiger partial charge in [-0.25, -0.2) is 0 Å². The van der Waals surface area contributed by atoms with E-state index in [-0.39, 0.29) is 19.8 Å². The van der Waals surface area contributed by atoms with Crippen LogP contribution in [0.1, 0.15) is 33.1 Å². The van der Waals surface area contributed by atoms with Crippen LogP contribution < -0.4 is 0 Å². The summed E-state index contributed by atoms with van der Waals surface area (Å²) in [7, 11) is 0. The van der Waals surface area contributed by atoms with Gasteiger partial charge < -0.3 is 0 Å². The second-order valence-electron chi connectivity index (χ2n) is 2.46. The third-order valence-corrected chi connectivity index (χ3v) is 6.85. The quantitative estimate of drug-likeness (QED) is 0.512. The molecule has 0 bridgehead atoms. The Kier molecular flexibility index (Phi) is 7.40. The molecule has 9 heavy (non-hydrogen) atoms. The zero-order valence-electron chi connectivity index (χ0n) is 6.91. The Hall–Kier alpha value is 0.730. The van der Waals surface area contributed by atoms with Crippen LogP contribution in [0.2, 0.25) is 0 Å². The number of unbranched alkanes of at least 4 members (excludes halogenated alkanes) is 1. The summed E-state index contributed by atoms with van der Waals surface area (Å²) in [6, 6.07) is 0. The first-order chi connectivity index (χ1) is 4.31. The third-order valence-electron chi connectivity index (χ3n) is 1.32. The summed E-state index contributed by atoms with van der Waals surface area (Å²) in [4.78, 5) is 2.52. The Morgan fingerprint density at radius 3 is 2.11 bits per heavy atom. The van der Waals surface area contributed by atoms with Gasteiger partial charge in [-0.05, 0) is 0 Å². The first-order valence-electron chi connectivity index (χ1n) is 3.83. The fourth-order valence-electron chi connectivity index (χ4n) is 0.779. The van der Waals surface area contributed by atoms with Crippen molar-refractivity contribution >= 4 is 19.8 Å². The molecule has 0 rings (SSSR count). The van der Waals surface area contributed by atoms with Crippen molar-refractivity contribution in [1.29, 1.82) is 0 Å². The molecule has 0 spiro atoms. The molecule has 0 aliphatic carbocycles. The zero-order chi connectivity index (χ0) is 7.11. The van der Waals surface area contributed by atoms with Crippen molar-refractivity contribution < 1.29 is 0 Å². The number of hydrogen-bond donors (Lipinski definition) is 0. The van der Waals surface area contributed by atoms with Gasteiger partial charge in [0.25, 0.3) is 0 Å². The van der Waals surface area contributed by atoms with E-state index < -0.39 is 0 Å². The van der Waals surface area contributed by atoms with Gasteiger partial charge in [-0.15, -0.1) is 0 Å². The van der Waals surface area contributed by atoms with Gasteiger partial charge >= 0.3 is 66.7 Å². The summed E-state index contributed by atoms with van der Waals surface area (Å²) < 4.78 is 3.16. The first kappa shape index (κ1) is 9.73. The van der Waals surface area contributed by atoms with E-state index in [0.29, 0.717) is 0 Å². The van der Waals surface area contributed by atoms with E-state index in [1.54, 1.807) is 8.86 Å². The Bertz CT molecular complexity index is 52.5. The fourth-order valence-corrected chi connectivity index (χ4v) is 5.22. The van der Waals surface area contributed by atoms with E-state index in [9.17, 15) is 0 Å². The average Bonchev–Trinajstić information content (AvgIpc) is 1.85. The average molecular weight is 242 g/mol. The molecular formula is C8H19I. The van der Waals surface area contributed by atoms with Crippen molar-refractivity contribution in [2.24, 2.45) is 0 Å². The molecule has 58 valence electrons. The zero-order valence-corrected chi connectivity index (χ0v) is 9.07. The summed E-state index contributed by atoms with van der Waals surface area (Å²) in [6.07, 6.45) is 4.30. The van der Waals surface area contributed by atoms with Crippen LogP contribution in [0.25, 0.3) is 0 Å². The Balaban J connectivity index is 2.95. The third kappa shape index (κ3) is 6.62. The molecule has 0 N–H and O–H groups in total. The summed E-state index contributed by atoms with van der Waals surface area (Å²) in [6.45, 7) is 4.59. The van der Waals surface area contributed by atoms with Gasteiger partial charge in [-0.1, -0.05) is 0 Å². The molecule has 0 aromatic carbocycles. The van der Waals surface area contributed by atoms with E-state index in [1.807, 2.05) is 0 Å². The number of rotatable bonds is 5. The van der Waals surface area contributed by atoms with Crippen molar-refractivity contribution in [3.63, 3.8) is 0 Å². The second kappa shape index (κ2) is 6.84. The van der Waals surface area contributed by atoms with E-state index in [2.05, 4.69) is 18.8 Å². The van der Waals surface area contributed by atoms with Crippen LogP contribution in [0.3, 0.4) is 0 Å². The van der Waals surface area contributed by atoms with Crippen molar-refractivity contribution in [3.8, 4) is 0 Å². The maximum atomic E-state index is 2.52. The SMILES string of the molecule is CCCCI(C)CCC. The van der Waals surface area contributed by atoms with E-state index in [0.717, 1.165) is 0 Å². The molecule has 0 saturated carbocycles. The molecule has 0 aromatic heterocycles. The summed E-state index contributed by atoms with van der Waals surface area (Å²) in [5.74, 6) is 0. The van der Waals surface area contributed by atoms with Gasteiger partial charge in [0.2, 0.25) is 0 Å². The summed E-state index contributed by atoms with van der Waals surface area (Å²) in [5, 5.41) is 0. The Labute approximate surface area is 66.8 Å². The van der Waals surface area contributed by atoms with Crippen LogP contribution in [0.5, 0.6) is 0 Å². The van der Waals surface area contributed by atoms with Crippen LogP contribution in [-0.2, 0) is 0 Å². The molecule has 0 aliphatic rings. The minimum atomic E-state index is -0.372. The molecule has 0 fully saturated rings. The molecule has 0 aliphatic heterocycles. The van der Waals surface area contributed by atoms with Crippen LogP contribution in [-0.4, -0.2) is 13.8 Å². The van der Waals surface area contributed by atoms with Gasteiger partial charge in [0.1, 0.15) is 0 Å². The van der Waals surface area contributed by atoms with Gasteiger partial charge in [-0.2, -0.15) is 0 Å².